The predicted molar refractivity (Wildman–Crippen MR) is 83.4 cm³/mol. The van der Waals surface area contributed by atoms with Gasteiger partial charge in [-0.1, -0.05) is 0 Å². The Kier molecular flexibility index (Phi) is 6.43. The van der Waals surface area contributed by atoms with Crippen molar-refractivity contribution in [3.05, 3.63) is 0 Å². The molecule has 0 radical (unpaired) electrons. The third-order valence-electron chi connectivity index (χ3n) is 4.23. The molecule has 1 saturated heterocycles. The monoisotopic (exact) mass is 319 g/mol. The topological polar surface area (TPSA) is 61.9 Å². The van der Waals surface area contributed by atoms with Crippen LogP contribution in [0.1, 0.15) is 32.6 Å². The lowest BCUT2D eigenvalue weighted by atomic mass is 10.00. The number of rotatable bonds is 9. The molecule has 7 heteroatoms. The van der Waals surface area contributed by atoms with Gasteiger partial charge in [0.2, 0.25) is 0 Å². The fraction of sp³-hybridized carbons (Fsp3) is 1.00. The minimum atomic E-state index is -3.34. The largest absolute Gasteiger partial charge is 0.380 e. The van der Waals surface area contributed by atoms with Gasteiger partial charge in [0, 0.05) is 39.3 Å². The van der Waals surface area contributed by atoms with E-state index in [-0.39, 0.29) is 0 Å². The van der Waals surface area contributed by atoms with Gasteiger partial charge < -0.3 is 10.1 Å². The lowest BCUT2D eigenvalue weighted by Crippen LogP contribution is -2.48. The van der Waals surface area contributed by atoms with Gasteiger partial charge in [0.15, 0.2) is 0 Å². The first-order valence-electron chi connectivity index (χ1n) is 8.06. The Morgan fingerprint density at radius 2 is 2.10 bits per heavy atom. The van der Waals surface area contributed by atoms with Gasteiger partial charge in [0.25, 0.3) is 10.2 Å². The van der Waals surface area contributed by atoms with Crippen LogP contribution in [0.3, 0.4) is 0 Å². The first-order chi connectivity index (χ1) is 10.0. The number of nitrogens with zero attached hydrogens (tertiary/aromatic N) is 2. The Morgan fingerprint density at radius 1 is 1.33 bits per heavy atom. The SMILES string of the molecule is CCOCCN(C)S(=O)(=O)N1CCCC(CNC2CC2)C1. The van der Waals surface area contributed by atoms with E-state index < -0.39 is 10.2 Å². The zero-order chi connectivity index (χ0) is 15.3. The third-order valence-corrected chi connectivity index (χ3v) is 6.18. The number of hydrogen-bond acceptors (Lipinski definition) is 4. The van der Waals surface area contributed by atoms with Crippen LogP contribution in [0.5, 0.6) is 0 Å². The average molecular weight is 319 g/mol. The van der Waals surface area contributed by atoms with Crippen molar-refractivity contribution >= 4 is 10.2 Å². The number of likely N-dealkylation sites (N-methyl/N-ethyl adjacent to an activating group) is 1. The maximum atomic E-state index is 12.6. The molecule has 0 amide bonds. The molecule has 124 valence electrons. The molecule has 1 heterocycles. The van der Waals surface area contributed by atoms with Crippen LogP contribution in [0.25, 0.3) is 0 Å². The molecule has 1 atom stereocenters. The number of hydrogen-bond donors (Lipinski definition) is 1. The van der Waals surface area contributed by atoms with E-state index in [0.717, 1.165) is 19.4 Å². The maximum absolute atomic E-state index is 12.6. The van der Waals surface area contributed by atoms with Gasteiger partial charge in [-0.3, -0.25) is 0 Å². The highest BCUT2D eigenvalue weighted by atomic mass is 32.2. The van der Waals surface area contributed by atoms with E-state index in [0.29, 0.717) is 44.8 Å². The zero-order valence-electron chi connectivity index (χ0n) is 13.3. The molecule has 1 aliphatic heterocycles. The van der Waals surface area contributed by atoms with Crippen LogP contribution in [0, 0.1) is 5.92 Å². The molecular weight excluding hydrogens is 290 g/mol. The van der Waals surface area contributed by atoms with Crippen LogP contribution >= 0.6 is 0 Å². The van der Waals surface area contributed by atoms with Crippen molar-refractivity contribution in [3.8, 4) is 0 Å². The smallest absolute Gasteiger partial charge is 0.281 e. The van der Waals surface area contributed by atoms with Gasteiger partial charge in [-0.25, -0.2) is 0 Å². The standard InChI is InChI=1S/C14H29N3O3S/c1-3-20-10-9-16(2)21(18,19)17-8-4-5-13(12-17)11-15-14-6-7-14/h13-15H,3-12H2,1-2H3. The summed E-state index contributed by atoms with van der Waals surface area (Å²) >= 11 is 0. The summed E-state index contributed by atoms with van der Waals surface area (Å²) in [5, 5.41) is 3.51. The molecule has 1 N–H and O–H groups in total. The van der Waals surface area contributed by atoms with E-state index in [2.05, 4.69) is 5.32 Å². The molecule has 6 nitrogen and oxygen atoms in total. The van der Waals surface area contributed by atoms with Gasteiger partial charge in [0.1, 0.15) is 0 Å². The molecule has 0 aromatic heterocycles. The molecule has 1 unspecified atom stereocenters. The van der Waals surface area contributed by atoms with E-state index in [1.807, 2.05) is 6.92 Å². The fourth-order valence-electron chi connectivity index (χ4n) is 2.67. The first kappa shape index (κ1) is 17.1. The van der Waals surface area contributed by atoms with Crippen molar-refractivity contribution in [2.75, 3.05) is 46.4 Å². The molecule has 0 bridgehead atoms. The summed E-state index contributed by atoms with van der Waals surface area (Å²) in [5.41, 5.74) is 0. The van der Waals surface area contributed by atoms with Crippen LogP contribution in [0.4, 0.5) is 0 Å². The van der Waals surface area contributed by atoms with E-state index in [1.165, 1.54) is 17.1 Å². The summed E-state index contributed by atoms with van der Waals surface area (Å²) in [4.78, 5) is 0. The van der Waals surface area contributed by atoms with Gasteiger partial charge in [0.05, 0.1) is 6.61 Å². The summed E-state index contributed by atoms with van der Waals surface area (Å²) < 4.78 is 33.4. The van der Waals surface area contributed by atoms with Crippen LogP contribution in [0.2, 0.25) is 0 Å². The van der Waals surface area contributed by atoms with E-state index >= 15 is 0 Å². The minimum Gasteiger partial charge on any atom is -0.380 e. The number of ether oxygens (including phenoxy) is 1. The normalized spacial score (nSPS) is 24.6. The van der Waals surface area contributed by atoms with Crippen LogP contribution < -0.4 is 5.32 Å². The van der Waals surface area contributed by atoms with Gasteiger partial charge >= 0.3 is 0 Å². The molecule has 0 spiro atoms. The first-order valence-corrected chi connectivity index (χ1v) is 9.46. The number of nitrogens with one attached hydrogen (secondary N) is 1. The quantitative estimate of drug-likeness (QED) is 0.634. The zero-order valence-corrected chi connectivity index (χ0v) is 14.1. The highest BCUT2D eigenvalue weighted by molar-refractivity contribution is 7.86. The fourth-order valence-corrected chi connectivity index (χ4v) is 4.13. The minimum absolute atomic E-state index is 0.414. The Hall–Kier alpha value is -0.210. The summed E-state index contributed by atoms with van der Waals surface area (Å²) in [5.74, 6) is 0.439. The van der Waals surface area contributed by atoms with Crippen LogP contribution in [-0.4, -0.2) is 69.5 Å². The van der Waals surface area contributed by atoms with Gasteiger partial charge in [-0.05, 0) is 45.1 Å². The Balaban J connectivity index is 1.82. The van der Waals surface area contributed by atoms with Crippen molar-refractivity contribution < 1.29 is 13.2 Å². The molecule has 2 fully saturated rings. The molecule has 2 rings (SSSR count). The lowest BCUT2D eigenvalue weighted by Gasteiger charge is -2.34. The maximum Gasteiger partial charge on any atom is 0.281 e. The Labute approximate surface area is 129 Å². The summed E-state index contributed by atoms with van der Waals surface area (Å²) in [6, 6.07) is 0.686. The van der Waals surface area contributed by atoms with E-state index in [4.69, 9.17) is 4.74 Å². The highest BCUT2D eigenvalue weighted by Crippen LogP contribution is 2.23. The molecule has 0 aromatic carbocycles. The Morgan fingerprint density at radius 3 is 2.76 bits per heavy atom. The molecular formula is C14H29N3O3S. The molecule has 1 saturated carbocycles. The van der Waals surface area contributed by atoms with Crippen LogP contribution in [-0.2, 0) is 14.9 Å². The summed E-state index contributed by atoms with van der Waals surface area (Å²) in [6.07, 6.45) is 4.62. The van der Waals surface area contributed by atoms with E-state index in [9.17, 15) is 8.42 Å². The third kappa shape index (κ3) is 5.17. The van der Waals surface area contributed by atoms with Crippen molar-refractivity contribution in [2.45, 2.75) is 38.6 Å². The molecule has 2 aliphatic rings. The second-order valence-corrected chi connectivity index (χ2v) is 8.11. The summed E-state index contributed by atoms with van der Waals surface area (Å²) in [7, 11) is -1.70. The average Bonchev–Trinajstić information content (AvgIpc) is 3.30. The van der Waals surface area contributed by atoms with Crippen LogP contribution in [0.15, 0.2) is 0 Å². The number of piperidine rings is 1. The molecule has 1 aliphatic carbocycles. The second kappa shape index (κ2) is 7.87. The van der Waals surface area contributed by atoms with Gasteiger partial charge in [-0.2, -0.15) is 17.0 Å². The van der Waals surface area contributed by atoms with Crippen molar-refractivity contribution in [3.63, 3.8) is 0 Å². The molecule has 0 aromatic rings. The molecule has 21 heavy (non-hydrogen) atoms. The predicted octanol–water partition coefficient (Wildman–Crippen LogP) is 0.664. The Bertz CT molecular complexity index is 412. The van der Waals surface area contributed by atoms with Crippen molar-refractivity contribution in [1.29, 1.82) is 0 Å². The van der Waals surface area contributed by atoms with Crippen molar-refractivity contribution in [2.24, 2.45) is 5.92 Å². The highest BCUT2D eigenvalue weighted by Gasteiger charge is 2.32. The second-order valence-electron chi connectivity index (χ2n) is 6.08. The lowest BCUT2D eigenvalue weighted by molar-refractivity contribution is 0.136. The van der Waals surface area contributed by atoms with Gasteiger partial charge in [-0.15, -0.1) is 0 Å². The summed E-state index contributed by atoms with van der Waals surface area (Å²) in [6.45, 7) is 5.62. The van der Waals surface area contributed by atoms with E-state index in [1.54, 1.807) is 11.4 Å². The van der Waals surface area contributed by atoms with Crippen molar-refractivity contribution in [1.82, 2.24) is 13.9 Å².